The number of thiazole rings is 1. The van der Waals surface area contributed by atoms with Crippen LogP contribution in [0.5, 0.6) is 0 Å². The fourth-order valence-corrected chi connectivity index (χ4v) is 5.51. The average Bonchev–Trinajstić information content (AvgIpc) is 3.33. The number of amides is 2. The van der Waals surface area contributed by atoms with Crippen molar-refractivity contribution in [2.75, 3.05) is 30.3 Å². The molecule has 3 heterocycles. The van der Waals surface area contributed by atoms with Crippen LogP contribution in [0.4, 0.5) is 15.6 Å². The first-order chi connectivity index (χ1) is 14.2. The first-order valence-electron chi connectivity index (χ1n) is 11.0. The summed E-state index contributed by atoms with van der Waals surface area (Å²) in [4.78, 5) is 20.8. The van der Waals surface area contributed by atoms with Crippen LogP contribution in [0.3, 0.4) is 0 Å². The van der Waals surface area contributed by atoms with Gasteiger partial charge in [0.2, 0.25) is 0 Å². The van der Waals surface area contributed by atoms with Crippen LogP contribution in [0, 0.1) is 5.92 Å². The third kappa shape index (κ3) is 5.57. The Morgan fingerprint density at radius 1 is 1.24 bits per heavy atom. The van der Waals surface area contributed by atoms with Gasteiger partial charge in [-0.15, -0.1) is 11.3 Å². The summed E-state index contributed by atoms with van der Waals surface area (Å²) >= 11 is 1.62. The topological polar surface area (TPSA) is 75.1 Å². The molecule has 1 aliphatic carbocycles. The number of nitrogens with one attached hydrogen (secondary N) is 2. The van der Waals surface area contributed by atoms with Gasteiger partial charge in [0, 0.05) is 17.6 Å². The molecule has 8 heteroatoms. The Morgan fingerprint density at radius 3 is 2.93 bits per heavy atom. The Morgan fingerprint density at radius 2 is 2.10 bits per heavy atom. The summed E-state index contributed by atoms with van der Waals surface area (Å²) in [6.07, 6.45) is 13.4. The van der Waals surface area contributed by atoms with E-state index in [1.54, 1.807) is 17.5 Å². The van der Waals surface area contributed by atoms with E-state index in [1.165, 1.54) is 62.2 Å². The minimum Gasteiger partial charge on any atom is -0.305 e. The number of likely N-dealkylation sites (tertiary alicyclic amines) is 1. The quantitative estimate of drug-likeness (QED) is 0.703. The van der Waals surface area contributed by atoms with E-state index in [1.807, 2.05) is 10.9 Å². The highest BCUT2D eigenvalue weighted by Crippen LogP contribution is 2.34. The zero-order chi connectivity index (χ0) is 20.1. The molecule has 0 saturated carbocycles. The second-order valence-electron chi connectivity index (χ2n) is 8.26. The molecule has 0 bridgehead atoms. The Labute approximate surface area is 176 Å². The number of hydrogen-bond donors (Lipinski definition) is 2. The highest BCUT2D eigenvalue weighted by molar-refractivity contribution is 7.15. The molecule has 2 amide bonds. The van der Waals surface area contributed by atoms with Gasteiger partial charge in [-0.2, -0.15) is 5.10 Å². The standard InChI is InChI=1S/C21H32N6OS/c1-2-6-16-7-8-18-19(13-16)29-21(24-18)25-20(28)23-17-14-22-27(15-17)12-11-26-9-4-3-5-10-26/h14-16H,2-13H2,1H3,(H2,23,24,25,28). The molecule has 0 aromatic carbocycles. The van der Waals surface area contributed by atoms with E-state index in [0.29, 0.717) is 10.8 Å². The molecule has 0 spiro atoms. The van der Waals surface area contributed by atoms with Crippen molar-refractivity contribution in [2.24, 2.45) is 5.92 Å². The van der Waals surface area contributed by atoms with Crippen molar-refractivity contribution in [3.63, 3.8) is 0 Å². The number of aryl methyl sites for hydroxylation is 1. The normalized spacial score (nSPS) is 19.7. The minimum atomic E-state index is -0.253. The van der Waals surface area contributed by atoms with Gasteiger partial charge >= 0.3 is 6.03 Å². The molecule has 7 nitrogen and oxygen atoms in total. The molecule has 2 aromatic heterocycles. The van der Waals surface area contributed by atoms with E-state index in [0.717, 1.165) is 31.8 Å². The van der Waals surface area contributed by atoms with Crippen LogP contribution in [0.15, 0.2) is 12.4 Å². The molecule has 1 fully saturated rings. The van der Waals surface area contributed by atoms with Crippen molar-refractivity contribution in [1.29, 1.82) is 0 Å². The summed E-state index contributed by atoms with van der Waals surface area (Å²) in [5.74, 6) is 0.769. The molecule has 1 aliphatic heterocycles. The Hall–Kier alpha value is -1.93. The van der Waals surface area contributed by atoms with Crippen molar-refractivity contribution in [3.05, 3.63) is 23.0 Å². The molecule has 4 rings (SSSR count). The number of nitrogens with zero attached hydrogens (tertiary/aromatic N) is 4. The lowest BCUT2D eigenvalue weighted by Crippen LogP contribution is -2.32. The molecule has 1 unspecified atom stereocenters. The van der Waals surface area contributed by atoms with Gasteiger partial charge in [0.1, 0.15) is 0 Å². The largest absolute Gasteiger partial charge is 0.325 e. The summed E-state index contributed by atoms with van der Waals surface area (Å²) in [5, 5.41) is 10.8. The highest BCUT2D eigenvalue weighted by atomic mass is 32.1. The second kappa shape index (κ2) is 9.71. The first kappa shape index (κ1) is 20.3. The van der Waals surface area contributed by atoms with Crippen LogP contribution in [0.2, 0.25) is 0 Å². The average molecular weight is 417 g/mol. The molecule has 29 heavy (non-hydrogen) atoms. The maximum Gasteiger partial charge on any atom is 0.325 e. The number of urea groups is 1. The molecule has 1 saturated heterocycles. The Balaban J connectivity index is 1.25. The molecule has 1 atom stereocenters. The van der Waals surface area contributed by atoms with E-state index >= 15 is 0 Å². The predicted molar refractivity (Wildman–Crippen MR) is 118 cm³/mol. The number of aromatic nitrogens is 3. The number of piperidine rings is 1. The van der Waals surface area contributed by atoms with Crippen molar-refractivity contribution in [1.82, 2.24) is 19.7 Å². The number of anilines is 2. The molecule has 158 valence electrons. The lowest BCUT2D eigenvalue weighted by molar-refractivity contribution is 0.218. The van der Waals surface area contributed by atoms with E-state index in [4.69, 9.17) is 0 Å². The number of rotatable bonds is 7. The number of carbonyl (C=O) groups excluding carboxylic acids is 1. The highest BCUT2D eigenvalue weighted by Gasteiger charge is 2.22. The lowest BCUT2D eigenvalue weighted by atomic mass is 9.88. The summed E-state index contributed by atoms with van der Waals surface area (Å²) in [7, 11) is 0. The van der Waals surface area contributed by atoms with Crippen molar-refractivity contribution < 1.29 is 4.79 Å². The maximum absolute atomic E-state index is 12.4. The smallest absolute Gasteiger partial charge is 0.305 e. The van der Waals surface area contributed by atoms with E-state index in [-0.39, 0.29) is 6.03 Å². The maximum atomic E-state index is 12.4. The van der Waals surface area contributed by atoms with Crippen LogP contribution < -0.4 is 10.6 Å². The second-order valence-corrected chi connectivity index (χ2v) is 9.34. The number of fused-ring (bicyclic) bond motifs is 1. The zero-order valence-electron chi connectivity index (χ0n) is 17.3. The molecular formula is C21H32N6OS. The molecule has 2 N–H and O–H groups in total. The van der Waals surface area contributed by atoms with Gasteiger partial charge in [0.25, 0.3) is 0 Å². The molecular weight excluding hydrogens is 384 g/mol. The van der Waals surface area contributed by atoms with Crippen molar-refractivity contribution in [2.45, 2.75) is 64.8 Å². The van der Waals surface area contributed by atoms with Gasteiger partial charge in [-0.25, -0.2) is 9.78 Å². The predicted octanol–water partition coefficient (Wildman–Crippen LogP) is 4.37. The van der Waals surface area contributed by atoms with E-state index in [9.17, 15) is 4.79 Å². The van der Waals surface area contributed by atoms with Crippen LogP contribution in [-0.2, 0) is 19.4 Å². The van der Waals surface area contributed by atoms with Gasteiger partial charge in [-0.1, -0.05) is 26.2 Å². The summed E-state index contributed by atoms with van der Waals surface area (Å²) in [6.45, 7) is 6.48. The van der Waals surface area contributed by atoms with Crippen molar-refractivity contribution >= 4 is 28.2 Å². The van der Waals surface area contributed by atoms with Gasteiger partial charge in [-0.3, -0.25) is 10.00 Å². The fraction of sp³-hybridized carbons (Fsp3) is 0.667. The monoisotopic (exact) mass is 416 g/mol. The van der Waals surface area contributed by atoms with E-state index < -0.39 is 0 Å². The third-order valence-electron chi connectivity index (χ3n) is 5.94. The Bertz CT molecular complexity index is 810. The summed E-state index contributed by atoms with van der Waals surface area (Å²) in [6, 6.07) is -0.253. The van der Waals surface area contributed by atoms with Crippen LogP contribution in [0.25, 0.3) is 0 Å². The molecule has 2 aromatic rings. The molecule has 0 radical (unpaired) electrons. The van der Waals surface area contributed by atoms with Crippen LogP contribution in [0.1, 0.15) is 56.0 Å². The number of carbonyl (C=O) groups is 1. The fourth-order valence-electron chi connectivity index (χ4n) is 4.39. The zero-order valence-corrected chi connectivity index (χ0v) is 18.1. The minimum absolute atomic E-state index is 0.253. The lowest BCUT2D eigenvalue weighted by Gasteiger charge is -2.26. The number of hydrogen-bond acceptors (Lipinski definition) is 5. The summed E-state index contributed by atoms with van der Waals surface area (Å²) in [5.41, 5.74) is 1.88. The third-order valence-corrected chi connectivity index (χ3v) is 6.98. The SMILES string of the molecule is CCCC1CCc2nc(NC(=O)Nc3cnn(CCN4CCCCC4)c3)sc2C1. The van der Waals surface area contributed by atoms with Gasteiger partial charge < -0.3 is 10.2 Å². The molecule has 2 aliphatic rings. The Kier molecular flexibility index (Phi) is 6.82. The van der Waals surface area contributed by atoms with Crippen LogP contribution >= 0.6 is 11.3 Å². The summed E-state index contributed by atoms with van der Waals surface area (Å²) < 4.78 is 1.90. The van der Waals surface area contributed by atoms with Crippen molar-refractivity contribution in [3.8, 4) is 0 Å². The van der Waals surface area contributed by atoms with Gasteiger partial charge in [0.05, 0.1) is 24.1 Å². The van der Waals surface area contributed by atoms with Crippen LogP contribution in [-0.4, -0.2) is 45.3 Å². The van der Waals surface area contributed by atoms with E-state index in [2.05, 4.69) is 32.5 Å². The first-order valence-corrected chi connectivity index (χ1v) is 11.8. The van der Waals surface area contributed by atoms with Gasteiger partial charge in [-0.05, 0) is 51.1 Å². The van der Waals surface area contributed by atoms with Gasteiger partial charge in [0.15, 0.2) is 5.13 Å².